The van der Waals surface area contributed by atoms with E-state index in [-0.39, 0.29) is 22.9 Å². The van der Waals surface area contributed by atoms with Gasteiger partial charge in [-0.05, 0) is 19.1 Å². The van der Waals surface area contributed by atoms with Crippen molar-refractivity contribution in [3.05, 3.63) is 52.7 Å². The van der Waals surface area contributed by atoms with Gasteiger partial charge in [-0.1, -0.05) is 53.7 Å². The van der Waals surface area contributed by atoms with E-state index >= 15 is 0 Å². The van der Waals surface area contributed by atoms with E-state index in [9.17, 15) is 9.59 Å². The van der Waals surface area contributed by atoms with Gasteiger partial charge in [-0.3, -0.25) is 9.59 Å². The molecular weight excluding hydrogens is 418 g/mol. The molecule has 7 heteroatoms. The molecule has 1 aromatic carbocycles. The number of aryl methyl sites for hydroxylation is 1. The van der Waals surface area contributed by atoms with Gasteiger partial charge in [-0.15, -0.1) is 0 Å². The number of nitrogens with zero attached hydrogens (tertiary/aromatic N) is 2. The Kier molecular flexibility index (Phi) is 7.68. The highest BCUT2D eigenvalue weighted by molar-refractivity contribution is 5.98. The maximum Gasteiger partial charge on any atom is 0.255 e. The number of allylic oxidation sites excluding steroid dienone is 2. The SMILES string of the molecule is CO/C(C(C)=O)=C(/NC(=O)c1cccc(-c2nc(C)c(OC)c(C(C)(C)C)n2)c1)C(C)(C)C. The van der Waals surface area contributed by atoms with E-state index in [1.54, 1.807) is 25.3 Å². The van der Waals surface area contributed by atoms with Crippen molar-refractivity contribution in [2.24, 2.45) is 5.41 Å². The van der Waals surface area contributed by atoms with Crippen LogP contribution in [0.5, 0.6) is 5.75 Å². The summed E-state index contributed by atoms with van der Waals surface area (Å²) >= 11 is 0. The molecule has 0 unspecified atom stereocenters. The topological polar surface area (TPSA) is 90.4 Å². The zero-order valence-corrected chi connectivity index (χ0v) is 21.3. The molecule has 2 aromatic rings. The third-order valence-electron chi connectivity index (χ3n) is 5.07. The largest absolute Gasteiger partial charge is 0.493 e. The highest BCUT2D eigenvalue weighted by atomic mass is 16.5. The van der Waals surface area contributed by atoms with Crippen molar-refractivity contribution < 1.29 is 19.1 Å². The van der Waals surface area contributed by atoms with Crippen LogP contribution in [0.25, 0.3) is 11.4 Å². The summed E-state index contributed by atoms with van der Waals surface area (Å²) in [5.74, 6) is 0.709. The average Bonchev–Trinajstić information content (AvgIpc) is 2.71. The molecule has 0 bridgehead atoms. The number of benzene rings is 1. The third-order valence-corrected chi connectivity index (χ3v) is 5.07. The second kappa shape index (κ2) is 9.73. The predicted molar refractivity (Wildman–Crippen MR) is 129 cm³/mol. The number of hydrogen-bond donors (Lipinski definition) is 1. The van der Waals surface area contributed by atoms with Gasteiger partial charge in [0.25, 0.3) is 5.91 Å². The Morgan fingerprint density at radius 1 is 1.00 bits per heavy atom. The summed E-state index contributed by atoms with van der Waals surface area (Å²) in [6.07, 6.45) is 0. The molecule has 0 radical (unpaired) electrons. The lowest BCUT2D eigenvalue weighted by molar-refractivity contribution is -0.116. The number of carbonyl (C=O) groups is 2. The van der Waals surface area contributed by atoms with Gasteiger partial charge in [-0.2, -0.15) is 0 Å². The standard InChI is InChI=1S/C26H35N3O4/c1-15-19(32-9)21(25(3,4)5)28-23(27-15)17-12-11-13-18(14-17)24(31)29-22(26(6,7)8)20(33-10)16(2)30/h11-14H,1-10H3,(H,29,31)/b22-20+. The Balaban J connectivity index is 2.53. The van der Waals surface area contributed by atoms with Crippen molar-refractivity contribution in [2.45, 2.75) is 60.8 Å². The molecule has 7 nitrogen and oxygen atoms in total. The second-order valence-corrected chi connectivity index (χ2v) is 10.0. The van der Waals surface area contributed by atoms with E-state index in [0.29, 0.717) is 28.4 Å². The molecule has 33 heavy (non-hydrogen) atoms. The summed E-state index contributed by atoms with van der Waals surface area (Å²) in [7, 11) is 3.03. The molecule has 0 aliphatic carbocycles. The zero-order valence-electron chi connectivity index (χ0n) is 21.3. The number of hydrogen-bond acceptors (Lipinski definition) is 6. The summed E-state index contributed by atoms with van der Waals surface area (Å²) in [6.45, 7) is 15.2. The van der Waals surface area contributed by atoms with E-state index in [1.807, 2.05) is 33.8 Å². The number of ether oxygens (including phenoxy) is 2. The van der Waals surface area contributed by atoms with E-state index in [2.05, 4.69) is 31.1 Å². The maximum atomic E-state index is 13.1. The minimum atomic E-state index is -0.512. The van der Waals surface area contributed by atoms with Crippen LogP contribution in [-0.2, 0) is 14.9 Å². The fourth-order valence-electron chi connectivity index (χ4n) is 3.44. The van der Waals surface area contributed by atoms with E-state index in [4.69, 9.17) is 14.5 Å². The first-order valence-corrected chi connectivity index (χ1v) is 10.8. The van der Waals surface area contributed by atoms with E-state index < -0.39 is 5.41 Å². The lowest BCUT2D eigenvalue weighted by atomic mass is 9.90. The van der Waals surface area contributed by atoms with Gasteiger partial charge in [0.15, 0.2) is 23.1 Å². The van der Waals surface area contributed by atoms with E-state index in [1.165, 1.54) is 14.0 Å². The summed E-state index contributed by atoms with van der Waals surface area (Å²) < 4.78 is 10.8. The number of nitrogens with one attached hydrogen (secondary N) is 1. The van der Waals surface area contributed by atoms with Gasteiger partial charge < -0.3 is 14.8 Å². The number of methoxy groups -OCH3 is 2. The minimum Gasteiger partial charge on any atom is -0.493 e. The normalized spacial score (nSPS) is 12.7. The number of aromatic nitrogens is 2. The van der Waals surface area contributed by atoms with Crippen LogP contribution in [0.2, 0.25) is 0 Å². The van der Waals surface area contributed by atoms with Crippen molar-refractivity contribution in [1.82, 2.24) is 15.3 Å². The van der Waals surface area contributed by atoms with Crippen molar-refractivity contribution in [1.29, 1.82) is 0 Å². The molecule has 1 N–H and O–H groups in total. The summed E-state index contributed by atoms with van der Waals surface area (Å²) in [4.78, 5) is 34.6. The van der Waals surface area contributed by atoms with Gasteiger partial charge in [0.05, 0.1) is 31.3 Å². The van der Waals surface area contributed by atoms with Crippen molar-refractivity contribution in [2.75, 3.05) is 14.2 Å². The molecule has 0 fully saturated rings. The Labute approximate surface area is 196 Å². The van der Waals surface area contributed by atoms with Crippen molar-refractivity contribution in [3.8, 4) is 17.1 Å². The van der Waals surface area contributed by atoms with Crippen LogP contribution in [0.4, 0.5) is 0 Å². The molecule has 0 aliphatic heterocycles. The Morgan fingerprint density at radius 2 is 1.64 bits per heavy atom. The molecule has 0 atom stereocenters. The van der Waals surface area contributed by atoms with Crippen LogP contribution in [-0.4, -0.2) is 35.9 Å². The number of ketones is 1. The van der Waals surface area contributed by atoms with Crippen LogP contribution >= 0.6 is 0 Å². The first-order chi connectivity index (χ1) is 15.2. The molecular formula is C26H35N3O4. The summed E-state index contributed by atoms with van der Waals surface area (Å²) in [5, 5.41) is 2.88. The van der Waals surface area contributed by atoms with Crippen LogP contribution in [0, 0.1) is 12.3 Å². The Bertz CT molecular complexity index is 1090. The number of rotatable bonds is 6. The highest BCUT2D eigenvalue weighted by Gasteiger charge is 2.28. The molecule has 1 heterocycles. The molecule has 1 aromatic heterocycles. The molecule has 178 valence electrons. The smallest absolute Gasteiger partial charge is 0.255 e. The Morgan fingerprint density at radius 3 is 2.12 bits per heavy atom. The molecule has 0 saturated carbocycles. The first-order valence-electron chi connectivity index (χ1n) is 10.8. The van der Waals surface area contributed by atoms with Crippen LogP contribution in [0.15, 0.2) is 35.7 Å². The van der Waals surface area contributed by atoms with Gasteiger partial charge in [0.2, 0.25) is 0 Å². The third kappa shape index (κ3) is 5.97. The second-order valence-electron chi connectivity index (χ2n) is 10.0. The predicted octanol–water partition coefficient (Wildman–Crippen LogP) is 4.98. The molecule has 2 rings (SSSR count). The zero-order chi connectivity index (χ0) is 25.1. The van der Waals surface area contributed by atoms with Crippen LogP contribution in [0.3, 0.4) is 0 Å². The molecule has 0 spiro atoms. The van der Waals surface area contributed by atoms with Gasteiger partial charge in [-0.25, -0.2) is 9.97 Å². The maximum absolute atomic E-state index is 13.1. The summed E-state index contributed by atoms with van der Waals surface area (Å²) in [5.41, 5.74) is 2.32. The fraction of sp³-hybridized carbons (Fsp3) is 0.462. The monoisotopic (exact) mass is 453 g/mol. The van der Waals surface area contributed by atoms with Crippen molar-refractivity contribution in [3.63, 3.8) is 0 Å². The quantitative estimate of drug-likeness (QED) is 0.490. The lowest BCUT2D eigenvalue weighted by Crippen LogP contribution is -2.33. The van der Waals surface area contributed by atoms with Gasteiger partial charge in [0, 0.05) is 28.9 Å². The number of Topliss-reactive ketones (excluding diaryl/α,β-unsaturated/α-hetero) is 1. The van der Waals surface area contributed by atoms with Crippen molar-refractivity contribution >= 4 is 11.7 Å². The van der Waals surface area contributed by atoms with E-state index in [0.717, 1.165) is 11.4 Å². The summed E-state index contributed by atoms with van der Waals surface area (Å²) in [6, 6.07) is 7.09. The first kappa shape index (κ1) is 26.0. The Hall–Kier alpha value is -3.22. The van der Waals surface area contributed by atoms with Crippen LogP contribution in [0.1, 0.15) is 70.2 Å². The van der Waals surface area contributed by atoms with Gasteiger partial charge in [0.1, 0.15) is 0 Å². The molecule has 0 aliphatic rings. The number of carbonyl (C=O) groups excluding carboxylic acids is 2. The van der Waals surface area contributed by atoms with Gasteiger partial charge >= 0.3 is 0 Å². The number of amides is 1. The lowest BCUT2D eigenvalue weighted by Gasteiger charge is -2.26. The molecule has 0 saturated heterocycles. The highest BCUT2D eigenvalue weighted by Crippen LogP contribution is 2.33. The molecule has 1 amide bonds. The van der Waals surface area contributed by atoms with Crippen LogP contribution < -0.4 is 10.1 Å². The average molecular weight is 454 g/mol. The minimum absolute atomic E-state index is 0.135. The fourth-order valence-corrected chi connectivity index (χ4v) is 3.44.